The first-order valence-corrected chi connectivity index (χ1v) is 7.18. The molecule has 8 heteroatoms. The number of halogens is 1. The number of nitrogen functional groups attached to an aromatic ring is 1. The number of hydrogen-bond acceptors (Lipinski definition) is 6. The van der Waals surface area contributed by atoms with Crippen LogP contribution in [0.25, 0.3) is 0 Å². The lowest BCUT2D eigenvalue weighted by atomic mass is 10.3. The molecule has 106 valence electrons. The number of pyridine rings is 1. The lowest BCUT2D eigenvalue weighted by molar-refractivity contribution is 0.0949. The minimum absolute atomic E-state index is 0.150. The number of thiazole rings is 1. The molecule has 2 aromatic rings. The molecular formula is C12H14ClN5OS. The quantitative estimate of drug-likeness (QED) is 0.578. The number of amides is 1. The van der Waals surface area contributed by atoms with Crippen LogP contribution < -0.4 is 16.6 Å². The van der Waals surface area contributed by atoms with Crippen LogP contribution in [0.1, 0.15) is 21.2 Å². The van der Waals surface area contributed by atoms with Gasteiger partial charge in [-0.05, 0) is 19.1 Å². The number of anilines is 1. The van der Waals surface area contributed by atoms with Gasteiger partial charge in [0.2, 0.25) is 0 Å². The first-order chi connectivity index (χ1) is 9.60. The van der Waals surface area contributed by atoms with E-state index in [2.05, 4.69) is 20.7 Å². The van der Waals surface area contributed by atoms with Crippen molar-refractivity contribution in [3.05, 3.63) is 38.9 Å². The van der Waals surface area contributed by atoms with Crippen LogP contribution in [0.15, 0.2) is 17.5 Å². The van der Waals surface area contributed by atoms with Crippen LogP contribution >= 0.6 is 22.9 Å². The Morgan fingerprint density at radius 1 is 1.45 bits per heavy atom. The van der Waals surface area contributed by atoms with Gasteiger partial charge in [0.1, 0.15) is 11.5 Å². The number of hydrogen-bond donors (Lipinski definition) is 3. The van der Waals surface area contributed by atoms with Gasteiger partial charge in [-0.2, -0.15) is 0 Å². The van der Waals surface area contributed by atoms with E-state index in [0.29, 0.717) is 18.8 Å². The number of rotatable bonds is 5. The maximum Gasteiger partial charge on any atom is 0.271 e. The minimum atomic E-state index is -0.334. The molecule has 2 heterocycles. The molecule has 0 atom stereocenters. The van der Waals surface area contributed by atoms with Gasteiger partial charge in [-0.15, -0.1) is 11.3 Å². The van der Waals surface area contributed by atoms with E-state index < -0.39 is 0 Å². The number of aromatic nitrogens is 2. The maximum atomic E-state index is 12.0. The summed E-state index contributed by atoms with van der Waals surface area (Å²) in [5, 5.41) is 6.03. The molecule has 6 nitrogen and oxygen atoms in total. The lowest BCUT2D eigenvalue weighted by Gasteiger charge is -2.07. The Balaban J connectivity index is 1.94. The Hall–Kier alpha value is -1.70. The van der Waals surface area contributed by atoms with Gasteiger partial charge in [0.15, 0.2) is 0 Å². The van der Waals surface area contributed by atoms with Crippen molar-refractivity contribution in [2.75, 3.05) is 12.0 Å². The molecule has 1 amide bonds. The zero-order valence-corrected chi connectivity index (χ0v) is 12.4. The highest BCUT2D eigenvalue weighted by Gasteiger charge is 2.12. The highest BCUT2D eigenvalue weighted by molar-refractivity contribution is 7.09. The van der Waals surface area contributed by atoms with Crippen molar-refractivity contribution in [2.45, 2.75) is 13.3 Å². The molecular weight excluding hydrogens is 298 g/mol. The van der Waals surface area contributed by atoms with Crippen molar-refractivity contribution in [1.82, 2.24) is 15.3 Å². The van der Waals surface area contributed by atoms with Crippen molar-refractivity contribution in [1.29, 1.82) is 0 Å². The Morgan fingerprint density at radius 2 is 2.25 bits per heavy atom. The smallest absolute Gasteiger partial charge is 0.271 e. The summed E-state index contributed by atoms with van der Waals surface area (Å²) < 4.78 is 0. The highest BCUT2D eigenvalue weighted by atomic mass is 35.5. The molecule has 0 aliphatic rings. The second-order valence-electron chi connectivity index (χ2n) is 4.04. The van der Waals surface area contributed by atoms with Gasteiger partial charge in [0, 0.05) is 18.3 Å². The van der Waals surface area contributed by atoms with Gasteiger partial charge in [0.25, 0.3) is 5.91 Å². The normalized spacial score (nSPS) is 10.3. The summed E-state index contributed by atoms with van der Waals surface area (Å²) in [6, 6.07) is 3.17. The zero-order chi connectivity index (χ0) is 14.5. The fourth-order valence-electron chi connectivity index (χ4n) is 1.59. The third-order valence-corrected chi connectivity index (χ3v) is 3.67. The predicted molar refractivity (Wildman–Crippen MR) is 79.9 cm³/mol. The third-order valence-electron chi connectivity index (χ3n) is 2.54. The van der Waals surface area contributed by atoms with E-state index >= 15 is 0 Å². The number of nitrogens with one attached hydrogen (secondary N) is 2. The molecule has 20 heavy (non-hydrogen) atoms. The number of carbonyl (C=O) groups is 1. The van der Waals surface area contributed by atoms with Crippen LogP contribution in [0.4, 0.5) is 5.82 Å². The topological polar surface area (TPSA) is 92.9 Å². The highest BCUT2D eigenvalue weighted by Crippen LogP contribution is 2.16. The van der Waals surface area contributed by atoms with E-state index in [9.17, 15) is 4.79 Å². The molecule has 0 bridgehead atoms. The second-order valence-corrected chi connectivity index (χ2v) is 5.50. The predicted octanol–water partition coefficient (Wildman–Crippen LogP) is 1.76. The van der Waals surface area contributed by atoms with Gasteiger partial charge in [-0.3, -0.25) is 4.79 Å². The number of nitrogens with two attached hydrogens (primary N) is 1. The van der Waals surface area contributed by atoms with E-state index in [1.54, 1.807) is 23.5 Å². The standard InChI is InChI=1S/C12H14ClN5OS/c1-7-16-8(6-20-7)4-5-15-12(19)11-9(13)2-3-10(17-11)18-14/h2-3,6H,4-5,14H2,1H3,(H,15,19)(H,17,18). The van der Waals surface area contributed by atoms with E-state index in [0.717, 1.165) is 10.7 Å². The van der Waals surface area contributed by atoms with E-state index in [1.807, 2.05) is 12.3 Å². The summed E-state index contributed by atoms with van der Waals surface area (Å²) in [6.45, 7) is 2.42. The molecule has 0 saturated carbocycles. The molecule has 0 saturated heterocycles. The monoisotopic (exact) mass is 311 g/mol. The van der Waals surface area contributed by atoms with Crippen molar-refractivity contribution >= 4 is 34.7 Å². The molecule has 0 radical (unpaired) electrons. The molecule has 0 unspecified atom stereocenters. The first-order valence-electron chi connectivity index (χ1n) is 5.92. The molecule has 2 aromatic heterocycles. The van der Waals surface area contributed by atoms with E-state index in [-0.39, 0.29) is 16.6 Å². The summed E-state index contributed by atoms with van der Waals surface area (Å²) >= 11 is 7.53. The molecule has 0 fully saturated rings. The Kier molecular flexibility index (Phi) is 4.89. The molecule has 4 N–H and O–H groups in total. The van der Waals surface area contributed by atoms with Gasteiger partial charge in [-0.25, -0.2) is 15.8 Å². The molecule has 0 aliphatic carbocycles. The van der Waals surface area contributed by atoms with Crippen LogP contribution in [0.2, 0.25) is 5.02 Å². The molecule has 0 aliphatic heterocycles. The number of carbonyl (C=O) groups excluding carboxylic acids is 1. The SMILES string of the molecule is Cc1nc(CCNC(=O)c2nc(NN)ccc2Cl)cs1. The second kappa shape index (κ2) is 6.65. The van der Waals surface area contributed by atoms with Gasteiger partial charge < -0.3 is 10.7 Å². The average Bonchev–Trinajstić information content (AvgIpc) is 2.85. The van der Waals surface area contributed by atoms with Crippen LogP contribution in [0.3, 0.4) is 0 Å². The largest absolute Gasteiger partial charge is 0.350 e. The van der Waals surface area contributed by atoms with Gasteiger partial charge >= 0.3 is 0 Å². The molecule has 0 spiro atoms. The molecule has 0 aromatic carbocycles. The zero-order valence-electron chi connectivity index (χ0n) is 10.8. The van der Waals surface area contributed by atoms with Crippen molar-refractivity contribution < 1.29 is 4.79 Å². The van der Waals surface area contributed by atoms with Crippen molar-refractivity contribution in [3.8, 4) is 0 Å². The van der Waals surface area contributed by atoms with Crippen LogP contribution in [-0.2, 0) is 6.42 Å². The third kappa shape index (κ3) is 3.66. The van der Waals surface area contributed by atoms with E-state index in [1.165, 1.54) is 0 Å². The minimum Gasteiger partial charge on any atom is -0.350 e. The summed E-state index contributed by atoms with van der Waals surface area (Å²) in [5.74, 6) is 5.30. The number of nitrogens with zero attached hydrogens (tertiary/aromatic N) is 2. The lowest BCUT2D eigenvalue weighted by Crippen LogP contribution is -2.27. The molecule has 2 rings (SSSR count). The Labute approximate surface area is 125 Å². The van der Waals surface area contributed by atoms with Crippen LogP contribution in [0, 0.1) is 6.92 Å². The summed E-state index contributed by atoms with van der Waals surface area (Å²) in [6.07, 6.45) is 0.669. The van der Waals surface area contributed by atoms with E-state index in [4.69, 9.17) is 17.4 Å². The average molecular weight is 312 g/mol. The maximum absolute atomic E-state index is 12.0. The van der Waals surface area contributed by atoms with Gasteiger partial charge in [-0.1, -0.05) is 11.6 Å². The number of aryl methyl sites for hydroxylation is 1. The summed E-state index contributed by atoms with van der Waals surface area (Å²) in [4.78, 5) is 20.3. The Bertz CT molecular complexity index is 616. The Morgan fingerprint density at radius 3 is 2.90 bits per heavy atom. The van der Waals surface area contributed by atoms with Crippen molar-refractivity contribution in [2.24, 2.45) is 5.84 Å². The summed E-state index contributed by atoms with van der Waals surface area (Å²) in [5.41, 5.74) is 3.49. The summed E-state index contributed by atoms with van der Waals surface area (Å²) in [7, 11) is 0. The van der Waals surface area contributed by atoms with Crippen LogP contribution in [0.5, 0.6) is 0 Å². The van der Waals surface area contributed by atoms with Crippen molar-refractivity contribution in [3.63, 3.8) is 0 Å². The first kappa shape index (κ1) is 14.7. The van der Waals surface area contributed by atoms with Gasteiger partial charge in [0.05, 0.1) is 15.7 Å². The number of hydrazine groups is 1. The fraction of sp³-hybridized carbons (Fsp3) is 0.250. The van der Waals surface area contributed by atoms with Crippen LogP contribution in [-0.4, -0.2) is 22.4 Å². The fourth-order valence-corrected chi connectivity index (χ4v) is 2.43.